The maximum absolute atomic E-state index is 10.7. The van der Waals surface area contributed by atoms with Crippen LogP contribution in [0.2, 0.25) is 0 Å². The molecule has 1 saturated heterocycles. The number of carbonyl (C=O) groups is 1. The molecule has 1 heterocycles. The molecule has 2 rings (SSSR count). The third-order valence-corrected chi connectivity index (χ3v) is 4.73. The number of aliphatic hydroxyl groups excluding tert-OH is 1. The van der Waals surface area contributed by atoms with Crippen LogP contribution in [0.15, 0.2) is 0 Å². The molecule has 19 heavy (non-hydrogen) atoms. The van der Waals surface area contributed by atoms with Gasteiger partial charge in [0, 0.05) is 19.0 Å². The van der Waals surface area contributed by atoms with Crippen molar-refractivity contribution in [3.8, 4) is 0 Å². The van der Waals surface area contributed by atoms with E-state index in [1.807, 2.05) is 0 Å². The third kappa shape index (κ3) is 4.46. The van der Waals surface area contributed by atoms with E-state index in [9.17, 15) is 9.90 Å². The number of carboxylic acid groups (broad SMARTS) is 1. The van der Waals surface area contributed by atoms with Crippen LogP contribution in [0.25, 0.3) is 0 Å². The molecular weight excluding hydrogens is 242 g/mol. The molecule has 2 aliphatic rings. The van der Waals surface area contributed by atoms with Gasteiger partial charge < -0.3 is 10.2 Å². The highest BCUT2D eigenvalue weighted by Crippen LogP contribution is 2.28. The maximum atomic E-state index is 10.7. The number of aliphatic carboxylic acids is 1. The van der Waals surface area contributed by atoms with E-state index < -0.39 is 5.97 Å². The fourth-order valence-corrected chi connectivity index (χ4v) is 3.66. The van der Waals surface area contributed by atoms with Crippen LogP contribution >= 0.6 is 0 Å². The lowest BCUT2D eigenvalue weighted by Gasteiger charge is -2.40. The third-order valence-electron chi connectivity index (χ3n) is 4.73. The van der Waals surface area contributed by atoms with Crippen LogP contribution in [0.5, 0.6) is 0 Å². The Labute approximate surface area is 115 Å². The van der Waals surface area contributed by atoms with E-state index in [2.05, 4.69) is 4.90 Å². The highest BCUT2D eigenvalue weighted by atomic mass is 16.4. The quantitative estimate of drug-likeness (QED) is 0.769. The summed E-state index contributed by atoms with van der Waals surface area (Å²) in [5.74, 6) is -0.188. The number of hydrogen-bond acceptors (Lipinski definition) is 3. The zero-order valence-electron chi connectivity index (χ0n) is 11.8. The Morgan fingerprint density at radius 2 is 1.89 bits per heavy atom. The minimum atomic E-state index is -0.688. The molecule has 3 unspecified atom stereocenters. The van der Waals surface area contributed by atoms with Crippen molar-refractivity contribution in [2.24, 2.45) is 5.92 Å². The lowest BCUT2D eigenvalue weighted by Crippen LogP contribution is -2.48. The molecule has 1 saturated carbocycles. The molecule has 0 aromatic heterocycles. The zero-order chi connectivity index (χ0) is 13.7. The SMILES string of the molecule is O=C(O)CCC1CCCN(C2CCCCCC2O)C1. The number of nitrogens with zero attached hydrogens (tertiary/aromatic N) is 1. The standard InChI is InChI=1S/C15H27NO3/c17-14-7-3-1-2-6-13(14)16-10-4-5-12(11-16)8-9-15(18)19/h12-14,17H,1-11H2,(H,18,19). The van der Waals surface area contributed by atoms with Gasteiger partial charge in [-0.1, -0.05) is 19.3 Å². The van der Waals surface area contributed by atoms with Crippen molar-refractivity contribution in [3.63, 3.8) is 0 Å². The van der Waals surface area contributed by atoms with E-state index in [1.54, 1.807) is 0 Å². The Morgan fingerprint density at radius 3 is 2.68 bits per heavy atom. The monoisotopic (exact) mass is 269 g/mol. The van der Waals surface area contributed by atoms with E-state index in [-0.39, 0.29) is 12.5 Å². The first-order valence-electron chi connectivity index (χ1n) is 7.80. The number of carboxylic acids is 1. The predicted octanol–water partition coefficient (Wildman–Crippen LogP) is 2.26. The van der Waals surface area contributed by atoms with Gasteiger partial charge in [0.15, 0.2) is 0 Å². The number of rotatable bonds is 4. The second-order valence-electron chi connectivity index (χ2n) is 6.21. The average Bonchev–Trinajstić information content (AvgIpc) is 2.61. The summed E-state index contributed by atoms with van der Waals surface area (Å²) in [6.07, 6.45) is 8.82. The summed E-state index contributed by atoms with van der Waals surface area (Å²) >= 11 is 0. The summed E-state index contributed by atoms with van der Waals surface area (Å²) in [4.78, 5) is 13.1. The number of hydrogen-bond donors (Lipinski definition) is 2. The molecule has 0 amide bonds. The van der Waals surface area contributed by atoms with E-state index in [4.69, 9.17) is 5.11 Å². The van der Waals surface area contributed by atoms with Crippen molar-refractivity contribution in [2.45, 2.75) is 69.9 Å². The summed E-state index contributed by atoms with van der Waals surface area (Å²) in [7, 11) is 0. The molecule has 1 aliphatic carbocycles. The zero-order valence-corrected chi connectivity index (χ0v) is 11.8. The fraction of sp³-hybridized carbons (Fsp3) is 0.933. The lowest BCUT2D eigenvalue weighted by molar-refractivity contribution is -0.137. The normalized spacial score (nSPS) is 33.8. The summed E-state index contributed by atoms with van der Waals surface area (Å²) < 4.78 is 0. The largest absolute Gasteiger partial charge is 0.481 e. The second-order valence-corrected chi connectivity index (χ2v) is 6.21. The van der Waals surface area contributed by atoms with Crippen LogP contribution in [0.4, 0.5) is 0 Å². The topological polar surface area (TPSA) is 60.8 Å². The van der Waals surface area contributed by atoms with Gasteiger partial charge in [0.05, 0.1) is 6.10 Å². The molecule has 3 atom stereocenters. The fourth-order valence-electron chi connectivity index (χ4n) is 3.66. The van der Waals surface area contributed by atoms with Crippen molar-refractivity contribution < 1.29 is 15.0 Å². The molecule has 0 radical (unpaired) electrons. The van der Waals surface area contributed by atoms with E-state index in [1.165, 1.54) is 12.8 Å². The Morgan fingerprint density at radius 1 is 1.11 bits per heavy atom. The lowest BCUT2D eigenvalue weighted by atomic mass is 9.91. The van der Waals surface area contributed by atoms with Gasteiger partial charge in [-0.15, -0.1) is 0 Å². The Balaban J connectivity index is 1.86. The highest BCUT2D eigenvalue weighted by molar-refractivity contribution is 5.66. The number of likely N-dealkylation sites (tertiary alicyclic amines) is 1. The molecule has 4 heteroatoms. The van der Waals surface area contributed by atoms with Gasteiger partial charge >= 0.3 is 5.97 Å². The van der Waals surface area contributed by atoms with E-state index in [0.29, 0.717) is 12.0 Å². The van der Waals surface area contributed by atoms with Crippen LogP contribution in [0.1, 0.15) is 57.8 Å². The molecule has 0 spiro atoms. The first-order valence-corrected chi connectivity index (χ1v) is 7.80. The first-order chi connectivity index (χ1) is 9.16. The second kappa shape index (κ2) is 7.25. The van der Waals surface area contributed by atoms with Crippen LogP contribution in [-0.2, 0) is 4.79 Å². The van der Waals surface area contributed by atoms with Crippen LogP contribution < -0.4 is 0 Å². The van der Waals surface area contributed by atoms with Gasteiger partial charge in [-0.3, -0.25) is 9.69 Å². The number of aliphatic hydroxyl groups is 1. The molecule has 2 fully saturated rings. The molecule has 0 aromatic rings. The molecule has 110 valence electrons. The van der Waals surface area contributed by atoms with Crippen LogP contribution in [0.3, 0.4) is 0 Å². The van der Waals surface area contributed by atoms with Crippen LogP contribution in [0, 0.1) is 5.92 Å². The van der Waals surface area contributed by atoms with Gasteiger partial charge in [-0.05, 0) is 44.6 Å². The molecule has 4 nitrogen and oxygen atoms in total. The van der Waals surface area contributed by atoms with Gasteiger partial charge in [0.1, 0.15) is 0 Å². The predicted molar refractivity (Wildman–Crippen MR) is 74.0 cm³/mol. The van der Waals surface area contributed by atoms with Gasteiger partial charge in [0.25, 0.3) is 0 Å². The molecule has 0 aromatic carbocycles. The summed E-state index contributed by atoms with van der Waals surface area (Å²) in [6, 6.07) is 0.315. The summed E-state index contributed by atoms with van der Waals surface area (Å²) in [5, 5.41) is 19.1. The van der Waals surface area contributed by atoms with Gasteiger partial charge in [-0.2, -0.15) is 0 Å². The molecule has 2 N–H and O–H groups in total. The maximum Gasteiger partial charge on any atom is 0.303 e. The van der Waals surface area contributed by atoms with E-state index >= 15 is 0 Å². The molecular formula is C15H27NO3. The summed E-state index contributed by atoms with van der Waals surface area (Å²) in [5.41, 5.74) is 0. The summed E-state index contributed by atoms with van der Waals surface area (Å²) in [6.45, 7) is 2.06. The Hall–Kier alpha value is -0.610. The molecule has 1 aliphatic heterocycles. The van der Waals surface area contributed by atoms with Crippen molar-refractivity contribution in [1.29, 1.82) is 0 Å². The smallest absolute Gasteiger partial charge is 0.303 e. The van der Waals surface area contributed by atoms with E-state index in [0.717, 1.165) is 51.6 Å². The van der Waals surface area contributed by atoms with Crippen molar-refractivity contribution in [3.05, 3.63) is 0 Å². The minimum absolute atomic E-state index is 0.180. The van der Waals surface area contributed by atoms with Crippen molar-refractivity contribution in [1.82, 2.24) is 4.90 Å². The Bertz CT molecular complexity index is 295. The highest BCUT2D eigenvalue weighted by Gasteiger charge is 2.31. The van der Waals surface area contributed by atoms with Crippen molar-refractivity contribution in [2.75, 3.05) is 13.1 Å². The van der Waals surface area contributed by atoms with Crippen molar-refractivity contribution >= 4 is 5.97 Å². The molecule has 0 bridgehead atoms. The van der Waals surface area contributed by atoms with Gasteiger partial charge in [-0.25, -0.2) is 0 Å². The first kappa shape index (κ1) is 14.8. The van der Waals surface area contributed by atoms with Crippen LogP contribution in [-0.4, -0.2) is 46.3 Å². The number of piperidine rings is 1. The van der Waals surface area contributed by atoms with Gasteiger partial charge in [0.2, 0.25) is 0 Å². The minimum Gasteiger partial charge on any atom is -0.481 e. The Kier molecular flexibility index (Phi) is 5.64. The average molecular weight is 269 g/mol.